The van der Waals surface area contributed by atoms with Crippen LogP contribution in [0.15, 0.2) is 58.4 Å². The minimum atomic E-state index is -3.23. The number of ketones is 1. The number of Topliss-reactive ketones (excluding diaryl/α,β-unsaturated/α-hetero) is 1. The number of nitrogens with zero attached hydrogens (tertiary/aromatic N) is 1. The van der Waals surface area contributed by atoms with E-state index in [1.165, 1.54) is 6.26 Å². The molecule has 1 aliphatic heterocycles. The van der Waals surface area contributed by atoms with Gasteiger partial charge in [0.1, 0.15) is 3.92 Å². The summed E-state index contributed by atoms with van der Waals surface area (Å²) in [5.74, 6) is 0.0217. The molecule has 112 valence electrons. The summed E-state index contributed by atoms with van der Waals surface area (Å²) in [4.78, 5) is 17.3. The van der Waals surface area contributed by atoms with Crippen LogP contribution in [0.5, 0.6) is 0 Å². The lowest BCUT2D eigenvalue weighted by Crippen LogP contribution is -2.28. The molecule has 0 saturated carbocycles. The summed E-state index contributed by atoms with van der Waals surface area (Å²) < 4.78 is 22.7. The normalized spacial score (nSPS) is 17.8. The molecule has 0 saturated heterocycles. The first-order chi connectivity index (χ1) is 10.4. The van der Waals surface area contributed by atoms with Crippen LogP contribution in [0, 0.1) is 0 Å². The Morgan fingerprint density at radius 1 is 1.05 bits per heavy atom. The van der Waals surface area contributed by atoms with Gasteiger partial charge in [0.25, 0.3) is 0 Å². The van der Waals surface area contributed by atoms with Crippen molar-refractivity contribution in [2.45, 2.75) is 8.82 Å². The Morgan fingerprint density at radius 2 is 1.68 bits per heavy atom. The molecular formula is C16H12INO3S. The van der Waals surface area contributed by atoms with E-state index in [-0.39, 0.29) is 14.6 Å². The van der Waals surface area contributed by atoms with E-state index in [2.05, 4.69) is 27.6 Å². The number of carbonyl (C=O) groups is 1. The number of halogens is 1. The van der Waals surface area contributed by atoms with E-state index in [0.717, 1.165) is 5.56 Å². The maximum absolute atomic E-state index is 12.4. The first-order valence-corrected chi connectivity index (χ1v) is 9.68. The lowest BCUT2D eigenvalue weighted by atomic mass is 9.96. The summed E-state index contributed by atoms with van der Waals surface area (Å²) in [5.41, 5.74) is 2.69. The number of hydrogen-bond acceptors (Lipinski definition) is 4. The van der Waals surface area contributed by atoms with Gasteiger partial charge in [-0.2, -0.15) is 0 Å². The zero-order valence-electron chi connectivity index (χ0n) is 11.7. The third-order valence-electron chi connectivity index (χ3n) is 3.46. The molecule has 2 aromatic carbocycles. The van der Waals surface area contributed by atoms with Gasteiger partial charge in [0.05, 0.1) is 16.3 Å². The van der Waals surface area contributed by atoms with E-state index in [0.29, 0.717) is 17.0 Å². The van der Waals surface area contributed by atoms with Gasteiger partial charge >= 0.3 is 0 Å². The van der Waals surface area contributed by atoms with Crippen molar-refractivity contribution in [3.63, 3.8) is 0 Å². The first-order valence-electron chi connectivity index (χ1n) is 6.54. The van der Waals surface area contributed by atoms with Gasteiger partial charge in [-0.1, -0.05) is 46.9 Å². The molecule has 0 amide bonds. The average molecular weight is 425 g/mol. The molecule has 4 nitrogen and oxygen atoms in total. The molecule has 0 fully saturated rings. The van der Waals surface area contributed by atoms with E-state index in [4.69, 9.17) is 0 Å². The Hall–Kier alpha value is -1.54. The zero-order chi connectivity index (χ0) is 15.9. The monoisotopic (exact) mass is 425 g/mol. The fraction of sp³-hybridized carbons (Fsp3) is 0.125. The maximum Gasteiger partial charge on any atom is 0.183 e. The van der Waals surface area contributed by atoms with Crippen LogP contribution in [0.4, 0.5) is 5.69 Å². The molecule has 6 heteroatoms. The summed E-state index contributed by atoms with van der Waals surface area (Å²) in [6.07, 6.45) is 1.17. The van der Waals surface area contributed by atoms with Gasteiger partial charge in [0, 0.05) is 11.8 Å². The van der Waals surface area contributed by atoms with Crippen LogP contribution in [0.25, 0.3) is 0 Å². The van der Waals surface area contributed by atoms with Crippen LogP contribution in [0.2, 0.25) is 0 Å². The molecule has 0 aromatic heterocycles. The zero-order valence-corrected chi connectivity index (χ0v) is 14.6. The molecule has 1 aliphatic rings. The van der Waals surface area contributed by atoms with E-state index >= 15 is 0 Å². The van der Waals surface area contributed by atoms with Gasteiger partial charge in [-0.3, -0.25) is 9.79 Å². The number of carbonyl (C=O) groups excluding carboxylic acids is 1. The number of sulfone groups is 1. The molecule has 1 heterocycles. The van der Waals surface area contributed by atoms with Crippen LogP contribution in [-0.4, -0.2) is 30.1 Å². The molecule has 0 aliphatic carbocycles. The highest BCUT2D eigenvalue weighted by atomic mass is 127. The topological polar surface area (TPSA) is 63.6 Å². The Bertz CT molecular complexity index is 886. The molecule has 2 aromatic rings. The number of benzene rings is 2. The van der Waals surface area contributed by atoms with Crippen molar-refractivity contribution < 1.29 is 13.2 Å². The molecule has 0 N–H and O–H groups in total. The van der Waals surface area contributed by atoms with Crippen LogP contribution in [0.3, 0.4) is 0 Å². The van der Waals surface area contributed by atoms with Crippen molar-refractivity contribution in [2.75, 3.05) is 6.26 Å². The fourth-order valence-corrected chi connectivity index (χ4v) is 3.78. The summed E-state index contributed by atoms with van der Waals surface area (Å²) >= 11 is 2.07. The third kappa shape index (κ3) is 2.72. The van der Waals surface area contributed by atoms with Gasteiger partial charge < -0.3 is 0 Å². The average Bonchev–Trinajstić information content (AvgIpc) is 2.50. The predicted molar refractivity (Wildman–Crippen MR) is 94.3 cm³/mol. The van der Waals surface area contributed by atoms with Crippen LogP contribution in [0.1, 0.15) is 15.9 Å². The number of aliphatic imine (C=N–C) groups is 1. The van der Waals surface area contributed by atoms with Crippen molar-refractivity contribution in [3.8, 4) is 0 Å². The van der Waals surface area contributed by atoms with Gasteiger partial charge in [-0.15, -0.1) is 0 Å². The Labute approximate surface area is 142 Å². The molecule has 0 bridgehead atoms. The summed E-state index contributed by atoms with van der Waals surface area (Å²) in [5, 5.41) is 0. The summed E-state index contributed by atoms with van der Waals surface area (Å²) in [6.45, 7) is 0. The van der Waals surface area contributed by atoms with Gasteiger partial charge in [-0.05, 0) is 29.8 Å². The number of alkyl halides is 1. The summed E-state index contributed by atoms with van der Waals surface area (Å²) in [7, 11) is -3.23. The van der Waals surface area contributed by atoms with Crippen LogP contribution in [-0.2, 0) is 9.84 Å². The van der Waals surface area contributed by atoms with E-state index in [1.807, 2.05) is 12.1 Å². The molecule has 0 spiro atoms. The lowest BCUT2D eigenvalue weighted by Gasteiger charge is -2.19. The largest absolute Gasteiger partial charge is 0.292 e. The minimum Gasteiger partial charge on any atom is -0.292 e. The molecule has 0 radical (unpaired) electrons. The second kappa shape index (κ2) is 5.58. The second-order valence-electron chi connectivity index (χ2n) is 5.04. The first kappa shape index (κ1) is 15.4. The van der Waals surface area contributed by atoms with Crippen molar-refractivity contribution in [1.82, 2.24) is 0 Å². The second-order valence-corrected chi connectivity index (χ2v) is 8.30. The van der Waals surface area contributed by atoms with E-state index in [9.17, 15) is 13.2 Å². The van der Waals surface area contributed by atoms with Crippen LogP contribution < -0.4 is 0 Å². The standard InChI is InChI=1S/C16H12INO3S/c1-22(20,21)11-8-6-10(7-9-11)15-14(17)16(19)12-4-2-3-5-13(12)18-15/h2-9,14H,1H3. The summed E-state index contributed by atoms with van der Waals surface area (Å²) in [6, 6.07) is 13.7. The fourth-order valence-electron chi connectivity index (χ4n) is 2.31. The molecular weight excluding hydrogens is 413 g/mol. The Balaban J connectivity index is 2.09. The van der Waals surface area contributed by atoms with Crippen LogP contribution >= 0.6 is 22.6 Å². The molecule has 1 unspecified atom stereocenters. The van der Waals surface area contributed by atoms with Crippen molar-refractivity contribution in [2.24, 2.45) is 4.99 Å². The highest BCUT2D eigenvalue weighted by Crippen LogP contribution is 2.31. The van der Waals surface area contributed by atoms with E-state index in [1.54, 1.807) is 36.4 Å². The van der Waals surface area contributed by atoms with Gasteiger partial charge in [0.15, 0.2) is 15.6 Å². The third-order valence-corrected chi connectivity index (χ3v) is 5.74. The van der Waals surface area contributed by atoms with Gasteiger partial charge in [0.2, 0.25) is 0 Å². The molecule has 3 rings (SSSR count). The van der Waals surface area contributed by atoms with Crippen molar-refractivity contribution in [1.29, 1.82) is 0 Å². The maximum atomic E-state index is 12.4. The quantitative estimate of drug-likeness (QED) is 0.549. The smallest absolute Gasteiger partial charge is 0.183 e. The number of para-hydroxylation sites is 1. The van der Waals surface area contributed by atoms with Crippen molar-refractivity contribution in [3.05, 3.63) is 59.7 Å². The number of fused-ring (bicyclic) bond motifs is 1. The number of hydrogen-bond donors (Lipinski definition) is 0. The highest BCUT2D eigenvalue weighted by Gasteiger charge is 2.29. The van der Waals surface area contributed by atoms with Gasteiger partial charge in [-0.25, -0.2) is 8.42 Å². The van der Waals surface area contributed by atoms with Crippen molar-refractivity contribution >= 4 is 49.6 Å². The SMILES string of the molecule is CS(=O)(=O)c1ccc(C2=Nc3ccccc3C(=O)C2I)cc1. The molecule has 22 heavy (non-hydrogen) atoms. The Morgan fingerprint density at radius 3 is 2.32 bits per heavy atom. The lowest BCUT2D eigenvalue weighted by molar-refractivity contribution is 0.101. The highest BCUT2D eigenvalue weighted by molar-refractivity contribution is 14.1. The number of rotatable bonds is 2. The Kier molecular flexibility index (Phi) is 3.90. The molecule has 1 atom stereocenters. The predicted octanol–water partition coefficient (Wildman–Crippen LogP) is 3.21. The van der Waals surface area contributed by atoms with E-state index < -0.39 is 9.84 Å². The minimum absolute atomic E-state index is 0.0217.